The Bertz CT molecular complexity index is 782. The van der Waals surface area contributed by atoms with Crippen molar-refractivity contribution in [2.45, 2.75) is 31.3 Å². The van der Waals surface area contributed by atoms with E-state index in [1.54, 1.807) is 24.5 Å². The molecular weight excluding hydrogens is 335 g/mol. The lowest BCUT2D eigenvalue weighted by molar-refractivity contribution is 0.177. The maximum absolute atomic E-state index is 12.7. The zero-order valence-electron chi connectivity index (χ0n) is 12.2. The smallest absolute Gasteiger partial charge is 0.313 e. The zero-order chi connectivity index (χ0) is 16.0. The third kappa shape index (κ3) is 2.54. The number of urea groups is 1. The Morgan fingerprint density at radius 3 is 2.96 bits per heavy atom. The standard InChI is InChI=1S/C16H14Cl2N4O/c17-12-3-1-10(6-13(12)18)21-16(23)22-11-2-4-14(22)15-9(5-11)7-19-8-20-15/h1,3,6-8,11,14H,2,4-5H2,(H,21,23)/t11-,14+/m0/s1. The lowest BCUT2D eigenvalue weighted by Crippen LogP contribution is -2.44. The van der Waals surface area contributed by atoms with Crippen molar-refractivity contribution in [1.29, 1.82) is 0 Å². The minimum atomic E-state index is -0.125. The third-order valence-electron chi connectivity index (χ3n) is 4.50. The molecule has 2 bridgehead atoms. The summed E-state index contributed by atoms with van der Waals surface area (Å²) in [6, 6.07) is 5.17. The molecule has 1 aromatic carbocycles. The van der Waals surface area contributed by atoms with E-state index in [4.69, 9.17) is 23.2 Å². The van der Waals surface area contributed by atoms with Crippen LogP contribution in [-0.2, 0) is 6.42 Å². The number of aromatic nitrogens is 2. The number of benzene rings is 1. The van der Waals surface area contributed by atoms with Crippen LogP contribution in [0.3, 0.4) is 0 Å². The van der Waals surface area contributed by atoms with E-state index in [-0.39, 0.29) is 18.1 Å². The number of fused-ring (bicyclic) bond motifs is 4. The van der Waals surface area contributed by atoms with Gasteiger partial charge in [-0.2, -0.15) is 0 Å². The molecule has 1 aromatic heterocycles. The third-order valence-corrected chi connectivity index (χ3v) is 5.24. The van der Waals surface area contributed by atoms with Gasteiger partial charge in [0.05, 0.1) is 21.8 Å². The number of hydrogen-bond donors (Lipinski definition) is 1. The molecule has 1 saturated heterocycles. The predicted octanol–water partition coefficient (Wildman–Crippen LogP) is 4.08. The van der Waals surface area contributed by atoms with Crippen LogP contribution in [0.1, 0.15) is 30.1 Å². The summed E-state index contributed by atoms with van der Waals surface area (Å²) in [4.78, 5) is 23.1. The number of nitrogens with zero attached hydrogens (tertiary/aromatic N) is 3. The van der Waals surface area contributed by atoms with Gasteiger partial charge in [0.2, 0.25) is 0 Å². The first kappa shape index (κ1) is 14.7. The van der Waals surface area contributed by atoms with Crippen molar-refractivity contribution in [3.63, 3.8) is 0 Å². The molecule has 1 N–H and O–H groups in total. The number of halogens is 2. The fourth-order valence-corrected chi connectivity index (χ4v) is 3.80. The van der Waals surface area contributed by atoms with Crippen molar-refractivity contribution in [3.05, 3.63) is 52.0 Å². The van der Waals surface area contributed by atoms with Gasteiger partial charge in [0.15, 0.2) is 0 Å². The molecule has 0 aliphatic carbocycles. The molecule has 0 unspecified atom stereocenters. The van der Waals surface area contributed by atoms with Crippen molar-refractivity contribution < 1.29 is 4.79 Å². The molecule has 118 valence electrons. The van der Waals surface area contributed by atoms with Crippen LogP contribution in [0, 0.1) is 0 Å². The normalized spacial score (nSPS) is 21.9. The molecular formula is C16H14Cl2N4O. The molecule has 5 nitrogen and oxygen atoms in total. The van der Waals surface area contributed by atoms with Crippen molar-refractivity contribution in [1.82, 2.24) is 14.9 Å². The number of carbonyl (C=O) groups is 1. The Labute approximate surface area is 143 Å². The number of carbonyl (C=O) groups excluding carboxylic acids is 1. The maximum atomic E-state index is 12.7. The predicted molar refractivity (Wildman–Crippen MR) is 88.8 cm³/mol. The van der Waals surface area contributed by atoms with Crippen molar-refractivity contribution in [3.8, 4) is 0 Å². The highest BCUT2D eigenvalue weighted by Gasteiger charge is 2.43. The molecule has 0 radical (unpaired) electrons. The zero-order valence-corrected chi connectivity index (χ0v) is 13.7. The molecule has 2 atom stereocenters. The Balaban J connectivity index is 1.59. The summed E-state index contributed by atoms with van der Waals surface area (Å²) < 4.78 is 0. The average Bonchev–Trinajstić information content (AvgIpc) is 2.86. The fraction of sp³-hybridized carbons (Fsp3) is 0.312. The second kappa shape index (κ2) is 5.65. The summed E-state index contributed by atoms with van der Waals surface area (Å²) in [5, 5.41) is 3.80. The van der Waals surface area contributed by atoms with Crippen LogP contribution in [0.25, 0.3) is 0 Å². The van der Waals surface area contributed by atoms with E-state index in [0.29, 0.717) is 15.7 Å². The largest absolute Gasteiger partial charge is 0.322 e. The van der Waals surface area contributed by atoms with Crippen molar-refractivity contribution in [2.75, 3.05) is 5.32 Å². The van der Waals surface area contributed by atoms with Gasteiger partial charge in [-0.25, -0.2) is 14.8 Å². The van der Waals surface area contributed by atoms with Crippen molar-refractivity contribution >= 4 is 34.9 Å². The monoisotopic (exact) mass is 348 g/mol. The maximum Gasteiger partial charge on any atom is 0.322 e. The topological polar surface area (TPSA) is 58.1 Å². The van der Waals surface area contributed by atoms with Crippen LogP contribution >= 0.6 is 23.2 Å². The minimum absolute atomic E-state index is 0.0227. The minimum Gasteiger partial charge on any atom is -0.313 e. The van der Waals surface area contributed by atoms with Crippen molar-refractivity contribution in [2.24, 2.45) is 0 Å². The summed E-state index contributed by atoms with van der Waals surface area (Å²) in [5.41, 5.74) is 2.76. The number of rotatable bonds is 1. The molecule has 2 aliphatic heterocycles. The molecule has 2 amide bonds. The number of nitrogens with one attached hydrogen (secondary N) is 1. The molecule has 4 rings (SSSR count). The first-order valence-corrected chi connectivity index (χ1v) is 8.22. The van der Waals surface area contributed by atoms with Crippen LogP contribution in [0.2, 0.25) is 10.0 Å². The number of anilines is 1. The van der Waals surface area contributed by atoms with Gasteiger partial charge in [0.25, 0.3) is 0 Å². The van der Waals surface area contributed by atoms with Gasteiger partial charge >= 0.3 is 6.03 Å². The van der Waals surface area contributed by atoms with Crippen LogP contribution < -0.4 is 5.32 Å². The number of amides is 2. The van der Waals surface area contributed by atoms with Gasteiger partial charge in [-0.1, -0.05) is 23.2 Å². The highest BCUT2D eigenvalue weighted by atomic mass is 35.5. The summed E-state index contributed by atoms with van der Waals surface area (Å²) in [6.45, 7) is 0. The second-order valence-electron chi connectivity index (χ2n) is 5.85. The molecule has 23 heavy (non-hydrogen) atoms. The Morgan fingerprint density at radius 2 is 2.13 bits per heavy atom. The summed E-state index contributed by atoms with van der Waals surface area (Å²) in [5.74, 6) is 0. The Kier molecular flexibility index (Phi) is 3.62. The number of hydrogen-bond acceptors (Lipinski definition) is 3. The Hall–Kier alpha value is -1.85. The van der Waals surface area contributed by atoms with Gasteiger partial charge < -0.3 is 10.2 Å². The molecule has 0 spiro atoms. The van der Waals surface area contributed by atoms with Gasteiger partial charge in [-0.05, 0) is 43.0 Å². The van der Waals surface area contributed by atoms with Gasteiger partial charge in [0, 0.05) is 17.9 Å². The highest BCUT2D eigenvalue weighted by molar-refractivity contribution is 6.42. The molecule has 2 aromatic rings. The molecule has 0 saturated carbocycles. The van der Waals surface area contributed by atoms with Gasteiger partial charge in [-0.15, -0.1) is 0 Å². The van der Waals surface area contributed by atoms with E-state index < -0.39 is 0 Å². The molecule has 3 heterocycles. The van der Waals surface area contributed by atoms with Gasteiger partial charge in [0.1, 0.15) is 6.33 Å². The lowest BCUT2D eigenvalue weighted by atomic mass is 10.00. The van der Waals surface area contributed by atoms with E-state index in [0.717, 1.165) is 30.5 Å². The highest BCUT2D eigenvalue weighted by Crippen LogP contribution is 2.42. The van der Waals surface area contributed by atoms with E-state index in [1.165, 1.54) is 0 Å². The summed E-state index contributed by atoms with van der Waals surface area (Å²) >= 11 is 11.9. The van der Waals surface area contributed by atoms with E-state index in [1.807, 2.05) is 11.1 Å². The lowest BCUT2D eigenvalue weighted by Gasteiger charge is -2.35. The molecule has 7 heteroatoms. The second-order valence-corrected chi connectivity index (χ2v) is 6.67. The SMILES string of the molecule is O=C(Nc1ccc(Cl)c(Cl)c1)N1[C@H]2CC[C@@H]1c1ncncc1C2. The van der Waals surface area contributed by atoms with Crippen LogP contribution in [-0.4, -0.2) is 26.9 Å². The Morgan fingerprint density at radius 1 is 1.26 bits per heavy atom. The van der Waals surface area contributed by atoms with Crippen LogP contribution in [0.15, 0.2) is 30.7 Å². The average molecular weight is 349 g/mol. The van der Waals surface area contributed by atoms with E-state index in [9.17, 15) is 4.79 Å². The summed E-state index contributed by atoms with van der Waals surface area (Å²) in [7, 11) is 0. The quantitative estimate of drug-likeness (QED) is 0.844. The molecule has 2 aliphatic rings. The van der Waals surface area contributed by atoms with Crippen LogP contribution in [0.4, 0.5) is 10.5 Å². The first-order valence-electron chi connectivity index (χ1n) is 7.46. The van der Waals surface area contributed by atoms with Crippen LogP contribution in [0.5, 0.6) is 0 Å². The fourth-order valence-electron chi connectivity index (χ4n) is 3.50. The van der Waals surface area contributed by atoms with E-state index >= 15 is 0 Å². The molecule has 1 fully saturated rings. The first-order chi connectivity index (χ1) is 11.1. The summed E-state index contributed by atoms with van der Waals surface area (Å²) in [6.07, 6.45) is 6.13. The van der Waals surface area contributed by atoms with E-state index in [2.05, 4.69) is 15.3 Å². The van der Waals surface area contributed by atoms with Gasteiger partial charge in [-0.3, -0.25) is 0 Å².